The number of hydrogen-bond acceptors (Lipinski definition) is 6. The molecule has 0 bridgehead atoms. The molecule has 1 aromatic carbocycles. The summed E-state index contributed by atoms with van der Waals surface area (Å²) < 4.78 is 33.2. The first-order valence-corrected chi connectivity index (χ1v) is 12.5. The van der Waals surface area contributed by atoms with Gasteiger partial charge in [-0.05, 0) is 41.8 Å². The predicted octanol–water partition coefficient (Wildman–Crippen LogP) is 2.51. The Morgan fingerprint density at radius 3 is 2.69 bits per heavy atom. The quantitative estimate of drug-likeness (QED) is 0.722. The van der Waals surface area contributed by atoms with Gasteiger partial charge in [-0.1, -0.05) is 30.3 Å². The van der Waals surface area contributed by atoms with Gasteiger partial charge < -0.3 is 9.84 Å². The number of nitrogens with zero attached hydrogens (tertiary/aromatic N) is 2. The van der Waals surface area contributed by atoms with Crippen molar-refractivity contribution in [3.63, 3.8) is 0 Å². The van der Waals surface area contributed by atoms with Crippen LogP contribution in [0.3, 0.4) is 0 Å². The molecular formula is C21H28N2O4S2. The first-order valence-electron chi connectivity index (χ1n) is 10.2. The van der Waals surface area contributed by atoms with Gasteiger partial charge in [-0.2, -0.15) is 4.31 Å². The average molecular weight is 437 g/mol. The van der Waals surface area contributed by atoms with E-state index in [1.54, 1.807) is 17.5 Å². The van der Waals surface area contributed by atoms with Crippen molar-refractivity contribution >= 4 is 21.4 Å². The molecule has 1 saturated heterocycles. The Kier molecular flexibility index (Phi) is 6.68. The molecule has 1 aliphatic carbocycles. The summed E-state index contributed by atoms with van der Waals surface area (Å²) in [6, 6.07) is 11.8. The molecule has 8 heteroatoms. The highest BCUT2D eigenvalue weighted by Gasteiger charge is 2.30. The van der Waals surface area contributed by atoms with E-state index in [-0.39, 0.29) is 6.10 Å². The Labute approximate surface area is 176 Å². The molecular weight excluding hydrogens is 408 g/mol. The van der Waals surface area contributed by atoms with E-state index in [2.05, 4.69) is 23.1 Å². The van der Waals surface area contributed by atoms with Crippen LogP contribution in [0.4, 0.5) is 0 Å². The third-order valence-corrected chi connectivity index (χ3v) is 8.97. The largest absolute Gasteiger partial charge is 0.389 e. The highest BCUT2D eigenvalue weighted by molar-refractivity contribution is 7.91. The van der Waals surface area contributed by atoms with E-state index < -0.39 is 16.1 Å². The van der Waals surface area contributed by atoms with Crippen LogP contribution < -0.4 is 0 Å². The molecule has 2 heterocycles. The van der Waals surface area contributed by atoms with Gasteiger partial charge in [0.2, 0.25) is 0 Å². The Hall–Kier alpha value is -1.29. The number of hydrogen-bond donors (Lipinski definition) is 1. The highest BCUT2D eigenvalue weighted by Crippen LogP contribution is 2.32. The molecule has 0 saturated carbocycles. The van der Waals surface area contributed by atoms with Crippen LogP contribution >= 0.6 is 11.3 Å². The number of benzene rings is 1. The van der Waals surface area contributed by atoms with Crippen molar-refractivity contribution in [2.45, 2.75) is 35.7 Å². The minimum absolute atomic E-state index is 0.0578. The van der Waals surface area contributed by atoms with Crippen LogP contribution in [0.15, 0.2) is 46.0 Å². The van der Waals surface area contributed by atoms with Crippen molar-refractivity contribution in [3.05, 3.63) is 52.9 Å². The number of aliphatic hydroxyl groups excluding tert-OH is 1. The normalized spacial score (nSPS) is 22.3. The van der Waals surface area contributed by atoms with E-state index in [1.807, 2.05) is 6.07 Å². The van der Waals surface area contributed by atoms with Gasteiger partial charge in [0.25, 0.3) is 10.0 Å². The monoisotopic (exact) mass is 436 g/mol. The fourth-order valence-corrected chi connectivity index (χ4v) is 6.72. The van der Waals surface area contributed by atoms with Crippen LogP contribution in [-0.2, 0) is 21.2 Å². The SMILES string of the molecule is O=S(=O)(c1cccs1)N1CCN(C[C@@H](O)CO[C@@H]2CCCc3ccccc32)CC1. The maximum absolute atomic E-state index is 12.6. The van der Waals surface area contributed by atoms with Crippen molar-refractivity contribution in [3.8, 4) is 0 Å². The summed E-state index contributed by atoms with van der Waals surface area (Å²) in [4.78, 5) is 2.11. The Balaban J connectivity index is 1.24. The molecule has 2 aromatic rings. The van der Waals surface area contributed by atoms with Crippen LogP contribution in [0.25, 0.3) is 0 Å². The number of thiophene rings is 1. The number of sulfonamides is 1. The summed E-state index contributed by atoms with van der Waals surface area (Å²) in [5.41, 5.74) is 2.60. The van der Waals surface area contributed by atoms with Crippen LogP contribution in [-0.4, -0.2) is 68.2 Å². The molecule has 29 heavy (non-hydrogen) atoms. The molecule has 1 N–H and O–H groups in total. The highest BCUT2D eigenvalue weighted by atomic mass is 32.2. The zero-order valence-electron chi connectivity index (χ0n) is 16.4. The van der Waals surface area contributed by atoms with E-state index >= 15 is 0 Å². The number of aliphatic hydroxyl groups is 1. The van der Waals surface area contributed by atoms with Gasteiger partial charge in [0.05, 0.1) is 18.8 Å². The average Bonchev–Trinajstić information content (AvgIpc) is 3.28. The minimum Gasteiger partial charge on any atom is -0.389 e. The predicted molar refractivity (Wildman–Crippen MR) is 114 cm³/mol. The van der Waals surface area contributed by atoms with Gasteiger partial charge >= 0.3 is 0 Å². The summed E-state index contributed by atoms with van der Waals surface area (Å²) in [6.45, 7) is 2.93. The number of rotatable bonds is 7. The van der Waals surface area contributed by atoms with Gasteiger partial charge in [0.1, 0.15) is 4.21 Å². The van der Waals surface area contributed by atoms with Gasteiger partial charge in [0, 0.05) is 32.7 Å². The second-order valence-corrected chi connectivity index (χ2v) is 10.8. The van der Waals surface area contributed by atoms with Gasteiger partial charge in [-0.25, -0.2) is 8.42 Å². The molecule has 0 amide bonds. The molecule has 1 aliphatic heterocycles. The van der Waals surface area contributed by atoms with Crippen LogP contribution in [0.5, 0.6) is 0 Å². The lowest BCUT2D eigenvalue weighted by Gasteiger charge is -2.35. The number of aryl methyl sites for hydroxylation is 1. The van der Waals surface area contributed by atoms with Gasteiger partial charge in [0.15, 0.2) is 0 Å². The van der Waals surface area contributed by atoms with Crippen molar-refractivity contribution < 1.29 is 18.3 Å². The molecule has 6 nitrogen and oxygen atoms in total. The lowest BCUT2D eigenvalue weighted by atomic mass is 9.89. The van der Waals surface area contributed by atoms with Crippen molar-refractivity contribution in [2.75, 3.05) is 39.3 Å². The van der Waals surface area contributed by atoms with Gasteiger partial charge in [-0.3, -0.25) is 4.90 Å². The number of piperazine rings is 1. The van der Waals surface area contributed by atoms with Crippen LogP contribution in [0.2, 0.25) is 0 Å². The summed E-state index contributed by atoms with van der Waals surface area (Å²) in [7, 11) is -3.39. The number of β-amino-alcohol motifs (C(OH)–C–C–N with tert-alkyl or cyclic N) is 1. The fraction of sp³-hybridized carbons (Fsp3) is 0.524. The summed E-state index contributed by atoms with van der Waals surface area (Å²) >= 11 is 1.25. The molecule has 1 fully saturated rings. The van der Waals surface area contributed by atoms with Crippen molar-refractivity contribution in [2.24, 2.45) is 0 Å². The lowest BCUT2D eigenvalue weighted by Crippen LogP contribution is -2.50. The second-order valence-electron chi connectivity index (χ2n) is 7.70. The molecule has 2 atom stereocenters. The van der Waals surface area contributed by atoms with Crippen LogP contribution in [0, 0.1) is 0 Å². The molecule has 1 aromatic heterocycles. The zero-order chi connectivity index (χ0) is 20.3. The Bertz CT molecular complexity index is 893. The second kappa shape index (κ2) is 9.24. The topological polar surface area (TPSA) is 70.1 Å². The number of ether oxygens (including phenoxy) is 1. The fourth-order valence-electron chi connectivity index (χ4n) is 4.15. The molecule has 158 valence electrons. The zero-order valence-corrected chi connectivity index (χ0v) is 18.1. The van der Waals surface area contributed by atoms with E-state index in [1.165, 1.54) is 26.8 Å². The maximum atomic E-state index is 12.6. The number of fused-ring (bicyclic) bond motifs is 1. The summed E-state index contributed by atoms with van der Waals surface area (Å²) in [5.74, 6) is 0. The molecule has 0 spiro atoms. The maximum Gasteiger partial charge on any atom is 0.252 e. The first-order chi connectivity index (χ1) is 14.0. The molecule has 4 rings (SSSR count). The molecule has 0 radical (unpaired) electrons. The van der Waals surface area contributed by atoms with E-state index in [0.717, 1.165) is 19.3 Å². The smallest absolute Gasteiger partial charge is 0.252 e. The minimum atomic E-state index is -3.39. The standard InChI is InChI=1S/C21H28N2O4S2/c24-18(16-27-20-8-3-6-17-5-1-2-7-19(17)20)15-22-10-12-23(13-11-22)29(25,26)21-9-4-14-28-21/h1-2,4-5,7,9,14,18,20,24H,3,6,8,10-13,15-16H2/t18-,20-/m1/s1. The van der Waals surface area contributed by atoms with E-state index in [9.17, 15) is 13.5 Å². The molecule has 0 unspecified atom stereocenters. The third kappa shape index (κ3) is 4.90. The molecule has 2 aliphatic rings. The van der Waals surface area contributed by atoms with E-state index in [0.29, 0.717) is 43.5 Å². The first kappa shape index (κ1) is 21.0. The van der Waals surface area contributed by atoms with E-state index in [4.69, 9.17) is 4.74 Å². The lowest BCUT2D eigenvalue weighted by molar-refractivity contribution is -0.0304. The van der Waals surface area contributed by atoms with Crippen LogP contribution in [0.1, 0.15) is 30.1 Å². The van der Waals surface area contributed by atoms with Crippen molar-refractivity contribution in [1.29, 1.82) is 0 Å². The summed E-state index contributed by atoms with van der Waals surface area (Å²) in [5, 5.41) is 12.2. The summed E-state index contributed by atoms with van der Waals surface area (Å²) in [6.07, 6.45) is 2.67. The van der Waals surface area contributed by atoms with Crippen molar-refractivity contribution in [1.82, 2.24) is 9.21 Å². The Morgan fingerprint density at radius 1 is 1.14 bits per heavy atom. The Morgan fingerprint density at radius 2 is 1.93 bits per heavy atom. The van der Waals surface area contributed by atoms with Gasteiger partial charge in [-0.15, -0.1) is 11.3 Å². The third-order valence-electron chi connectivity index (χ3n) is 5.69.